The summed E-state index contributed by atoms with van der Waals surface area (Å²) >= 11 is 0. The van der Waals surface area contributed by atoms with Crippen molar-refractivity contribution in [3.63, 3.8) is 0 Å². The molecule has 1 aromatic rings. The van der Waals surface area contributed by atoms with Gasteiger partial charge in [-0.25, -0.2) is 5.43 Å². The highest BCUT2D eigenvalue weighted by molar-refractivity contribution is 5.84. The van der Waals surface area contributed by atoms with E-state index in [1.165, 1.54) is 6.21 Å². The SMILES string of the molecule is CCCC(=O)N/N=C/c1ccccc1O. The molecule has 1 rings (SSSR count). The Balaban J connectivity index is 2.52. The zero-order chi connectivity index (χ0) is 11.1. The van der Waals surface area contributed by atoms with Crippen LogP contribution in [0.25, 0.3) is 0 Å². The molecule has 0 heterocycles. The quantitative estimate of drug-likeness (QED) is 0.581. The summed E-state index contributed by atoms with van der Waals surface area (Å²) < 4.78 is 0. The second-order valence-corrected chi connectivity index (χ2v) is 3.10. The molecule has 0 aliphatic rings. The van der Waals surface area contributed by atoms with Crippen molar-refractivity contribution < 1.29 is 9.90 Å². The van der Waals surface area contributed by atoms with Crippen molar-refractivity contribution in [2.75, 3.05) is 0 Å². The highest BCUT2D eigenvalue weighted by atomic mass is 16.3. The lowest BCUT2D eigenvalue weighted by atomic mass is 10.2. The van der Waals surface area contributed by atoms with Gasteiger partial charge in [0.15, 0.2) is 0 Å². The molecule has 0 saturated heterocycles. The number of phenols is 1. The van der Waals surface area contributed by atoms with Gasteiger partial charge in [0.05, 0.1) is 6.21 Å². The van der Waals surface area contributed by atoms with Gasteiger partial charge < -0.3 is 5.11 Å². The first-order valence-corrected chi connectivity index (χ1v) is 4.84. The highest BCUT2D eigenvalue weighted by Crippen LogP contribution is 2.12. The number of phenolic OH excluding ortho intramolecular Hbond substituents is 1. The zero-order valence-electron chi connectivity index (χ0n) is 8.60. The van der Waals surface area contributed by atoms with E-state index < -0.39 is 0 Å². The van der Waals surface area contributed by atoms with E-state index in [1.807, 2.05) is 6.92 Å². The van der Waals surface area contributed by atoms with Gasteiger partial charge in [0.2, 0.25) is 5.91 Å². The summed E-state index contributed by atoms with van der Waals surface area (Å²) in [6.07, 6.45) is 2.67. The van der Waals surface area contributed by atoms with Crippen LogP contribution in [-0.2, 0) is 4.79 Å². The number of rotatable bonds is 4. The van der Waals surface area contributed by atoms with Gasteiger partial charge in [0.1, 0.15) is 5.75 Å². The predicted octanol–water partition coefficient (Wildman–Crippen LogP) is 1.64. The fourth-order valence-electron chi connectivity index (χ4n) is 1.05. The minimum absolute atomic E-state index is 0.121. The van der Waals surface area contributed by atoms with E-state index in [9.17, 15) is 9.90 Å². The van der Waals surface area contributed by atoms with E-state index in [0.29, 0.717) is 12.0 Å². The lowest BCUT2D eigenvalue weighted by molar-refractivity contribution is -0.121. The lowest BCUT2D eigenvalue weighted by Crippen LogP contribution is -2.16. The summed E-state index contributed by atoms with van der Waals surface area (Å²) in [5, 5.41) is 13.1. The van der Waals surface area contributed by atoms with Gasteiger partial charge >= 0.3 is 0 Å². The second kappa shape index (κ2) is 5.80. The first kappa shape index (κ1) is 11.2. The summed E-state index contributed by atoms with van der Waals surface area (Å²) in [4.78, 5) is 11.0. The normalized spacial score (nSPS) is 10.5. The molecule has 0 saturated carbocycles. The molecule has 4 nitrogen and oxygen atoms in total. The zero-order valence-corrected chi connectivity index (χ0v) is 8.60. The Hall–Kier alpha value is -1.84. The van der Waals surface area contributed by atoms with Crippen molar-refractivity contribution in [1.82, 2.24) is 5.43 Å². The number of hydrogen-bond acceptors (Lipinski definition) is 3. The minimum atomic E-state index is -0.121. The van der Waals surface area contributed by atoms with Crippen LogP contribution in [0.1, 0.15) is 25.3 Å². The Bertz CT molecular complexity index is 361. The van der Waals surface area contributed by atoms with Gasteiger partial charge in [0, 0.05) is 12.0 Å². The van der Waals surface area contributed by atoms with Gasteiger partial charge in [-0.2, -0.15) is 5.10 Å². The fourth-order valence-corrected chi connectivity index (χ4v) is 1.05. The van der Waals surface area contributed by atoms with E-state index >= 15 is 0 Å². The molecule has 2 N–H and O–H groups in total. The van der Waals surface area contributed by atoms with E-state index in [2.05, 4.69) is 10.5 Å². The maximum absolute atomic E-state index is 11.0. The van der Waals surface area contributed by atoms with Gasteiger partial charge in [-0.3, -0.25) is 4.79 Å². The molecule has 4 heteroatoms. The number of nitrogens with one attached hydrogen (secondary N) is 1. The molecule has 1 aromatic carbocycles. The molecule has 0 bridgehead atoms. The van der Waals surface area contributed by atoms with Crippen LogP contribution in [0, 0.1) is 0 Å². The van der Waals surface area contributed by atoms with Crippen LogP contribution in [0.5, 0.6) is 5.75 Å². The maximum Gasteiger partial charge on any atom is 0.240 e. The third-order valence-corrected chi connectivity index (χ3v) is 1.81. The van der Waals surface area contributed by atoms with Crippen molar-refractivity contribution in [2.24, 2.45) is 5.10 Å². The van der Waals surface area contributed by atoms with Crippen molar-refractivity contribution in [2.45, 2.75) is 19.8 Å². The Labute approximate surface area is 88.6 Å². The molecule has 0 fully saturated rings. The van der Waals surface area contributed by atoms with Crippen molar-refractivity contribution >= 4 is 12.1 Å². The molecule has 1 amide bonds. The molecular weight excluding hydrogens is 192 g/mol. The Morgan fingerprint density at radius 1 is 1.53 bits per heavy atom. The molecule has 80 valence electrons. The first-order valence-electron chi connectivity index (χ1n) is 4.84. The van der Waals surface area contributed by atoms with Crippen LogP contribution in [0.4, 0.5) is 0 Å². The Kier molecular flexibility index (Phi) is 4.34. The van der Waals surface area contributed by atoms with E-state index in [-0.39, 0.29) is 11.7 Å². The third kappa shape index (κ3) is 3.81. The number of para-hydroxylation sites is 1. The number of carbonyl (C=O) groups is 1. The number of nitrogens with zero attached hydrogens (tertiary/aromatic N) is 1. The minimum Gasteiger partial charge on any atom is -0.507 e. The number of aromatic hydroxyl groups is 1. The van der Waals surface area contributed by atoms with Crippen molar-refractivity contribution in [1.29, 1.82) is 0 Å². The first-order chi connectivity index (χ1) is 7.24. The summed E-state index contributed by atoms with van der Waals surface area (Å²) in [5.41, 5.74) is 2.96. The fraction of sp³-hybridized carbons (Fsp3) is 0.273. The van der Waals surface area contributed by atoms with Gasteiger partial charge in [-0.05, 0) is 18.6 Å². The second-order valence-electron chi connectivity index (χ2n) is 3.10. The molecule has 15 heavy (non-hydrogen) atoms. The van der Waals surface area contributed by atoms with Crippen LogP contribution in [0.3, 0.4) is 0 Å². The van der Waals surface area contributed by atoms with Crippen molar-refractivity contribution in [3.8, 4) is 5.75 Å². The molecule has 0 aromatic heterocycles. The Morgan fingerprint density at radius 2 is 2.27 bits per heavy atom. The van der Waals surface area contributed by atoms with Crippen LogP contribution >= 0.6 is 0 Å². The lowest BCUT2D eigenvalue weighted by Gasteiger charge is -1.98. The molecule has 0 spiro atoms. The monoisotopic (exact) mass is 206 g/mol. The topological polar surface area (TPSA) is 61.7 Å². The average molecular weight is 206 g/mol. The Morgan fingerprint density at radius 3 is 2.93 bits per heavy atom. The van der Waals surface area contributed by atoms with Crippen LogP contribution in [0.15, 0.2) is 29.4 Å². The summed E-state index contributed by atoms with van der Waals surface area (Å²) in [6.45, 7) is 1.92. The van der Waals surface area contributed by atoms with E-state index in [1.54, 1.807) is 24.3 Å². The third-order valence-electron chi connectivity index (χ3n) is 1.81. The predicted molar refractivity (Wildman–Crippen MR) is 58.8 cm³/mol. The maximum atomic E-state index is 11.0. The van der Waals surface area contributed by atoms with Crippen LogP contribution < -0.4 is 5.43 Å². The number of carbonyl (C=O) groups excluding carboxylic acids is 1. The number of amides is 1. The van der Waals surface area contributed by atoms with Crippen LogP contribution in [0.2, 0.25) is 0 Å². The van der Waals surface area contributed by atoms with Crippen molar-refractivity contribution in [3.05, 3.63) is 29.8 Å². The summed E-state index contributed by atoms with van der Waals surface area (Å²) in [7, 11) is 0. The smallest absolute Gasteiger partial charge is 0.240 e. The summed E-state index contributed by atoms with van der Waals surface area (Å²) in [6, 6.07) is 6.79. The molecule has 0 radical (unpaired) electrons. The van der Waals surface area contributed by atoms with E-state index in [0.717, 1.165) is 6.42 Å². The number of hydrazone groups is 1. The van der Waals surface area contributed by atoms with E-state index in [4.69, 9.17) is 0 Å². The summed E-state index contributed by atoms with van der Waals surface area (Å²) in [5.74, 6) is 0.0233. The standard InChI is InChI=1S/C11H14N2O2/c1-2-5-11(15)13-12-8-9-6-3-4-7-10(9)14/h3-4,6-8,14H,2,5H2,1H3,(H,13,15)/b12-8+. The average Bonchev–Trinajstić information content (AvgIpc) is 2.21. The van der Waals surface area contributed by atoms with Gasteiger partial charge in [-0.15, -0.1) is 0 Å². The molecule has 0 atom stereocenters. The van der Waals surface area contributed by atoms with Crippen LogP contribution in [-0.4, -0.2) is 17.2 Å². The molecule has 0 aliphatic heterocycles. The van der Waals surface area contributed by atoms with Gasteiger partial charge in [0.25, 0.3) is 0 Å². The number of hydrogen-bond donors (Lipinski definition) is 2. The number of benzene rings is 1. The molecular formula is C11H14N2O2. The highest BCUT2D eigenvalue weighted by Gasteiger charge is 1.97. The molecule has 0 aliphatic carbocycles. The van der Waals surface area contributed by atoms with Gasteiger partial charge in [-0.1, -0.05) is 19.1 Å². The molecule has 0 unspecified atom stereocenters. The largest absolute Gasteiger partial charge is 0.507 e.